The number of Topliss-reactive ketones (excluding diaryl/α,β-unsaturated/α-hetero) is 1. The Balaban J connectivity index is 2.09. The lowest BCUT2D eigenvalue weighted by atomic mass is 10.1. The molecule has 0 aliphatic carbocycles. The Kier molecular flexibility index (Phi) is 7.25. The zero-order valence-electron chi connectivity index (χ0n) is 17.1. The third kappa shape index (κ3) is 5.22. The maximum atomic E-state index is 12.9. The Bertz CT molecular complexity index is 827. The van der Waals surface area contributed by atoms with Crippen molar-refractivity contribution in [2.24, 2.45) is 0 Å². The van der Waals surface area contributed by atoms with Crippen molar-refractivity contribution < 1.29 is 9.59 Å². The molecule has 146 valence electrons. The van der Waals surface area contributed by atoms with Crippen molar-refractivity contribution >= 4 is 23.5 Å². The van der Waals surface area contributed by atoms with Gasteiger partial charge in [-0.15, -0.1) is 11.8 Å². The maximum absolute atomic E-state index is 12.9. The molecule has 6 heteroatoms. The number of amides is 1. The zero-order chi connectivity index (χ0) is 20.1. The molecule has 0 spiro atoms. The summed E-state index contributed by atoms with van der Waals surface area (Å²) in [5, 5.41) is 4.44. The molecule has 1 aromatic carbocycles. The highest BCUT2D eigenvalue weighted by molar-refractivity contribution is 7.98. The summed E-state index contributed by atoms with van der Waals surface area (Å²) in [4.78, 5) is 27.7. The van der Waals surface area contributed by atoms with E-state index in [2.05, 4.69) is 23.3 Å². The van der Waals surface area contributed by atoms with Gasteiger partial charge >= 0.3 is 0 Å². The van der Waals surface area contributed by atoms with Crippen molar-refractivity contribution in [2.45, 2.75) is 65.1 Å². The molecule has 2 aromatic rings. The lowest BCUT2D eigenvalue weighted by Crippen LogP contribution is -2.37. The number of hydrogen-bond donors (Lipinski definition) is 0. The molecule has 1 amide bonds. The summed E-state index contributed by atoms with van der Waals surface area (Å²) in [6.45, 7) is 10.4. The number of aryl methyl sites for hydroxylation is 2. The van der Waals surface area contributed by atoms with Gasteiger partial charge in [0, 0.05) is 36.1 Å². The minimum Gasteiger partial charge on any atom is -0.336 e. The quantitative estimate of drug-likeness (QED) is 0.502. The van der Waals surface area contributed by atoms with Crippen LogP contribution in [0.15, 0.2) is 29.2 Å². The van der Waals surface area contributed by atoms with E-state index in [0.29, 0.717) is 25.1 Å². The fourth-order valence-corrected chi connectivity index (χ4v) is 3.78. The first-order chi connectivity index (χ1) is 12.7. The summed E-state index contributed by atoms with van der Waals surface area (Å²) < 4.78 is 1.77. The molecule has 5 nitrogen and oxygen atoms in total. The molecular weight excluding hydrogens is 358 g/mol. The molecule has 0 radical (unpaired) electrons. The van der Waals surface area contributed by atoms with Crippen molar-refractivity contribution in [3.63, 3.8) is 0 Å². The second-order valence-corrected chi connectivity index (χ2v) is 7.92. The number of rotatable bonds is 8. The molecular formula is C21H29N3O2S. The number of hydrogen-bond acceptors (Lipinski definition) is 4. The lowest BCUT2D eigenvalue weighted by Gasteiger charge is -2.27. The fourth-order valence-electron chi connectivity index (χ4n) is 3.30. The van der Waals surface area contributed by atoms with Gasteiger partial charge in [0.25, 0.3) is 0 Å². The smallest absolute Gasteiger partial charge is 0.224 e. The van der Waals surface area contributed by atoms with Gasteiger partial charge in [0.1, 0.15) is 0 Å². The van der Waals surface area contributed by atoms with Crippen LogP contribution in [0.2, 0.25) is 0 Å². The summed E-state index contributed by atoms with van der Waals surface area (Å²) in [7, 11) is 0. The molecule has 27 heavy (non-hydrogen) atoms. The first kappa shape index (κ1) is 21.2. The molecule has 0 fully saturated rings. The van der Waals surface area contributed by atoms with Crippen molar-refractivity contribution in [1.29, 1.82) is 0 Å². The van der Waals surface area contributed by atoms with Crippen LogP contribution in [0.1, 0.15) is 54.5 Å². The monoisotopic (exact) mass is 387 g/mol. The van der Waals surface area contributed by atoms with Crippen LogP contribution >= 0.6 is 11.8 Å². The Labute approximate surface area is 166 Å². The van der Waals surface area contributed by atoms with Crippen LogP contribution in [0.4, 0.5) is 0 Å². The number of thioether (sulfide) groups is 1. The van der Waals surface area contributed by atoms with Crippen molar-refractivity contribution in [2.75, 3.05) is 6.26 Å². The van der Waals surface area contributed by atoms with Gasteiger partial charge in [0.2, 0.25) is 5.91 Å². The van der Waals surface area contributed by atoms with Crippen LogP contribution in [-0.4, -0.2) is 38.7 Å². The summed E-state index contributed by atoms with van der Waals surface area (Å²) in [6.07, 6.45) is 2.41. The van der Waals surface area contributed by atoms with E-state index in [1.54, 1.807) is 23.4 Å². The summed E-state index contributed by atoms with van der Waals surface area (Å²) >= 11 is 1.70. The van der Waals surface area contributed by atoms with E-state index in [1.807, 2.05) is 44.9 Å². The molecule has 0 saturated carbocycles. The number of carbonyl (C=O) groups is 2. The molecule has 0 bridgehead atoms. The SMILES string of the molecule is CSc1cccc(CN(C(=O)CCn2nc(C)c(C(C)=O)c2C)C(C)C)c1. The van der Waals surface area contributed by atoms with Crippen LogP contribution in [-0.2, 0) is 17.9 Å². The summed E-state index contributed by atoms with van der Waals surface area (Å²) in [6, 6.07) is 8.41. The molecule has 0 saturated heterocycles. The first-order valence-corrected chi connectivity index (χ1v) is 10.4. The van der Waals surface area contributed by atoms with Crippen LogP contribution in [0.25, 0.3) is 0 Å². The molecule has 0 aliphatic rings. The van der Waals surface area contributed by atoms with Crippen LogP contribution in [0.5, 0.6) is 0 Å². The van der Waals surface area contributed by atoms with E-state index in [0.717, 1.165) is 17.0 Å². The number of ketones is 1. The van der Waals surface area contributed by atoms with E-state index in [-0.39, 0.29) is 17.7 Å². The molecule has 2 rings (SSSR count). The molecule has 0 unspecified atom stereocenters. The molecule has 1 heterocycles. The van der Waals surface area contributed by atoms with Gasteiger partial charge in [0.15, 0.2) is 5.78 Å². The van der Waals surface area contributed by atoms with Gasteiger partial charge in [0.05, 0.1) is 11.3 Å². The van der Waals surface area contributed by atoms with Crippen LogP contribution < -0.4 is 0 Å². The Morgan fingerprint density at radius 3 is 2.52 bits per heavy atom. The van der Waals surface area contributed by atoms with Crippen molar-refractivity contribution in [1.82, 2.24) is 14.7 Å². The normalized spacial score (nSPS) is 11.1. The van der Waals surface area contributed by atoms with Gasteiger partial charge in [-0.2, -0.15) is 5.10 Å². The third-order valence-electron chi connectivity index (χ3n) is 4.70. The Morgan fingerprint density at radius 2 is 1.96 bits per heavy atom. The number of aromatic nitrogens is 2. The lowest BCUT2D eigenvalue weighted by molar-refractivity contribution is -0.133. The van der Waals surface area contributed by atoms with Gasteiger partial charge < -0.3 is 4.90 Å². The minimum atomic E-state index is 0.0139. The molecule has 0 aliphatic heterocycles. The number of carbonyl (C=O) groups excluding carboxylic acids is 2. The third-order valence-corrected chi connectivity index (χ3v) is 5.43. The summed E-state index contributed by atoms with van der Waals surface area (Å²) in [5.74, 6) is 0.108. The van der Waals surface area contributed by atoms with Crippen molar-refractivity contribution in [3.8, 4) is 0 Å². The van der Waals surface area contributed by atoms with Gasteiger partial charge in [-0.3, -0.25) is 14.3 Å². The first-order valence-electron chi connectivity index (χ1n) is 9.22. The van der Waals surface area contributed by atoms with E-state index in [9.17, 15) is 9.59 Å². The van der Waals surface area contributed by atoms with E-state index in [1.165, 1.54) is 4.90 Å². The van der Waals surface area contributed by atoms with E-state index in [4.69, 9.17) is 0 Å². The highest BCUT2D eigenvalue weighted by Crippen LogP contribution is 2.19. The molecule has 0 atom stereocenters. The Morgan fingerprint density at radius 1 is 1.26 bits per heavy atom. The van der Waals surface area contributed by atoms with Crippen LogP contribution in [0, 0.1) is 13.8 Å². The standard InChI is InChI=1S/C21H29N3O2S/c1-14(2)23(13-18-8-7-9-19(12-18)27-6)20(26)10-11-24-16(4)21(17(5)25)15(3)22-24/h7-9,12,14H,10-11,13H2,1-6H3. The van der Waals surface area contributed by atoms with Crippen molar-refractivity contribution in [3.05, 3.63) is 46.8 Å². The maximum Gasteiger partial charge on any atom is 0.224 e. The minimum absolute atomic E-state index is 0.0139. The van der Waals surface area contributed by atoms with Gasteiger partial charge in [-0.05, 0) is 58.6 Å². The van der Waals surface area contributed by atoms with Crippen LogP contribution in [0.3, 0.4) is 0 Å². The predicted molar refractivity (Wildman–Crippen MR) is 110 cm³/mol. The highest BCUT2D eigenvalue weighted by atomic mass is 32.2. The molecule has 1 aromatic heterocycles. The fraction of sp³-hybridized carbons (Fsp3) is 0.476. The summed E-state index contributed by atoms with van der Waals surface area (Å²) in [5.41, 5.74) is 3.35. The van der Waals surface area contributed by atoms with E-state index < -0.39 is 0 Å². The number of benzene rings is 1. The second-order valence-electron chi connectivity index (χ2n) is 7.04. The topological polar surface area (TPSA) is 55.2 Å². The van der Waals surface area contributed by atoms with E-state index >= 15 is 0 Å². The predicted octanol–water partition coefficient (Wildman–Crippen LogP) is 4.25. The Hall–Kier alpha value is -2.08. The average molecular weight is 388 g/mol. The molecule has 0 N–H and O–H groups in total. The zero-order valence-corrected chi connectivity index (χ0v) is 17.9. The number of nitrogens with zero attached hydrogens (tertiary/aromatic N) is 3. The largest absolute Gasteiger partial charge is 0.336 e. The second kappa shape index (κ2) is 9.22. The van der Waals surface area contributed by atoms with Gasteiger partial charge in [-0.25, -0.2) is 0 Å². The van der Waals surface area contributed by atoms with Gasteiger partial charge in [-0.1, -0.05) is 12.1 Å². The average Bonchev–Trinajstić information content (AvgIpc) is 2.91. The highest BCUT2D eigenvalue weighted by Gasteiger charge is 2.20.